The number of hydrogen-bond acceptors (Lipinski definition) is 4. The van der Waals surface area contributed by atoms with Gasteiger partial charge in [-0.1, -0.05) is 18.5 Å². The molecule has 2 aromatic carbocycles. The molecule has 0 saturated carbocycles. The molecule has 0 bridgehead atoms. The highest BCUT2D eigenvalue weighted by Gasteiger charge is 2.07. The van der Waals surface area contributed by atoms with E-state index >= 15 is 0 Å². The van der Waals surface area contributed by atoms with E-state index in [4.69, 9.17) is 30.7 Å². The maximum atomic E-state index is 10.5. The van der Waals surface area contributed by atoms with Crippen LogP contribution in [0.15, 0.2) is 36.3 Å². The Kier molecular flexibility index (Phi) is 3.54. The van der Waals surface area contributed by atoms with E-state index < -0.39 is 61.3 Å². The van der Waals surface area contributed by atoms with Crippen molar-refractivity contribution in [2.24, 2.45) is 0 Å². The number of hydrogen-bond donors (Lipinski definition) is 1. The number of rotatable bonds is 10. The maximum Gasteiger partial charge on any atom is 0.160 e. The lowest BCUT2D eigenvalue weighted by Gasteiger charge is -2.13. The highest BCUT2D eigenvalue weighted by atomic mass is 16.5. The molecular formula is C22H30O4. The van der Waals surface area contributed by atoms with Gasteiger partial charge >= 0.3 is 0 Å². The van der Waals surface area contributed by atoms with Gasteiger partial charge in [0.25, 0.3) is 0 Å². The molecule has 2 aromatic rings. The average Bonchev–Trinajstić information content (AvgIpc) is 2.78. The monoisotopic (exact) mass is 370 g/mol. The van der Waals surface area contributed by atoms with Crippen molar-refractivity contribution in [3.8, 4) is 17.2 Å². The van der Waals surface area contributed by atoms with Gasteiger partial charge in [-0.2, -0.15) is 0 Å². The summed E-state index contributed by atoms with van der Waals surface area (Å²) in [5.74, 6) is -1.43. The molecule has 0 radical (unpaired) electrons. The molecule has 0 saturated heterocycles. The molecule has 0 aliphatic heterocycles. The Morgan fingerprint density at radius 2 is 1.96 bits per heavy atom. The molecule has 1 unspecified atom stereocenters. The zero-order valence-corrected chi connectivity index (χ0v) is 15.0. The number of ether oxygens (including phenoxy) is 3. The van der Waals surface area contributed by atoms with Crippen LogP contribution < -0.4 is 14.2 Å². The summed E-state index contributed by atoms with van der Waals surface area (Å²) < 4.78 is 111. The summed E-state index contributed by atoms with van der Waals surface area (Å²) in [5.41, 5.74) is 0.348. The van der Waals surface area contributed by atoms with Gasteiger partial charge in [-0.15, -0.1) is 0 Å². The van der Waals surface area contributed by atoms with Gasteiger partial charge in [0.15, 0.2) is 11.5 Å². The van der Waals surface area contributed by atoms with Gasteiger partial charge in [-0.25, -0.2) is 0 Å². The van der Waals surface area contributed by atoms with E-state index in [1.165, 1.54) is 0 Å². The van der Waals surface area contributed by atoms with Crippen LogP contribution in [0.2, 0.25) is 0 Å². The van der Waals surface area contributed by atoms with Crippen molar-refractivity contribution in [2.45, 2.75) is 45.6 Å². The van der Waals surface area contributed by atoms with Gasteiger partial charge in [-0.05, 0) is 73.9 Å². The first kappa shape index (κ1) is 9.14. The van der Waals surface area contributed by atoms with Crippen molar-refractivity contribution < 1.29 is 35.8 Å². The molecule has 0 amide bonds. The Labute approximate surface area is 173 Å². The van der Waals surface area contributed by atoms with Gasteiger partial charge in [0, 0.05) is 2.74 Å². The van der Waals surface area contributed by atoms with Crippen LogP contribution in [0.3, 0.4) is 0 Å². The molecule has 4 nitrogen and oxygen atoms in total. The minimum Gasteiger partial charge on any atom is -0.493 e. The smallest absolute Gasteiger partial charge is 0.160 e. The SMILES string of the molecule is [2H]c1c([2H])c(OCC([2H])(O)CCCC([2H])([2H])c2c([2H])c([2H])c(OC([2H])([2H])[2H])c(OC)c2[2H])c([2H])c(C)c1C. The van der Waals surface area contributed by atoms with Crippen molar-refractivity contribution in [1.82, 2.24) is 0 Å². The highest BCUT2D eigenvalue weighted by Crippen LogP contribution is 2.28. The lowest BCUT2D eigenvalue weighted by molar-refractivity contribution is 0.0976. The second kappa shape index (κ2) is 10.1. The molecule has 26 heavy (non-hydrogen) atoms. The maximum absolute atomic E-state index is 10.5. The van der Waals surface area contributed by atoms with E-state index in [1.807, 2.05) is 0 Å². The first-order chi connectivity index (χ1) is 17.3. The molecule has 4 heteroatoms. The Morgan fingerprint density at radius 1 is 1.12 bits per heavy atom. The van der Waals surface area contributed by atoms with Crippen LogP contribution in [0.5, 0.6) is 17.2 Å². The largest absolute Gasteiger partial charge is 0.493 e. The third-order valence-corrected chi connectivity index (χ3v) is 3.61. The minimum atomic E-state index is -3.00. The fraction of sp³-hybridized carbons (Fsp3) is 0.455. The van der Waals surface area contributed by atoms with Gasteiger partial charge in [0.1, 0.15) is 12.4 Å². The van der Waals surface area contributed by atoms with Crippen molar-refractivity contribution in [3.63, 3.8) is 0 Å². The number of benzene rings is 2. The van der Waals surface area contributed by atoms with Crippen molar-refractivity contribution in [1.29, 1.82) is 0 Å². The predicted octanol–water partition coefficient (Wildman–Crippen LogP) is 4.47. The van der Waals surface area contributed by atoms with Crippen LogP contribution in [0, 0.1) is 13.8 Å². The van der Waals surface area contributed by atoms with Crippen LogP contribution in [0.1, 0.15) is 52.4 Å². The topological polar surface area (TPSA) is 47.9 Å². The minimum absolute atomic E-state index is 0.128. The lowest BCUT2D eigenvalue weighted by atomic mass is 10.0. The molecule has 0 aromatic heterocycles. The van der Waals surface area contributed by atoms with E-state index in [2.05, 4.69) is 0 Å². The van der Waals surface area contributed by atoms with Crippen LogP contribution in [-0.2, 0) is 6.37 Å². The second-order valence-electron chi connectivity index (χ2n) is 5.55. The van der Waals surface area contributed by atoms with Gasteiger partial charge in [0.05, 0.1) is 33.9 Å². The molecular weight excluding hydrogens is 328 g/mol. The van der Waals surface area contributed by atoms with E-state index in [0.717, 1.165) is 7.11 Å². The van der Waals surface area contributed by atoms with Crippen LogP contribution in [0.4, 0.5) is 0 Å². The van der Waals surface area contributed by atoms with Crippen LogP contribution in [0.25, 0.3) is 0 Å². The number of methoxy groups -OCH3 is 2. The Hall–Kier alpha value is -2.20. The molecule has 0 aliphatic rings. The Bertz CT molecular complexity index is 1170. The van der Waals surface area contributed by atoms with Crippen molar-refractivity contribution >= 4 is 0 Å². The third-order valence-electron chi connectivity index (χ3n) is 3.61. The van der Waals surface area contributed by atoms with Crippen LogP contribution >= 0.6 is 0 Å². The summed E-state index contributed by atoms with van der Waals surface area (Å²) in [7, 11) is -1.91. The summed E-state index contributed by atoms with van der Waals surface area (Å²) in [6.07, 6.45) is -5.49. The van der Waals surface area contributed by atoms with Gasteiger partial charge in [-0.3, -0.25) is 0 Å². The standard InChI is InChI=1S/C22H30O4/c1-16-9-11-20(13-17(16)2)26-15-19(23)8-6-5-7-18-10-12-21(24-3)22(14-18)25-4/h9-14,19,23H,5-8,15H2,1-4H3/i3D3,7D2,9D,10D,11D,12D,13D,14D,19D. The average molecular weight is 371 g/mol. The van der Waals surface area contributed by atoms with Crippen LogP contribution in [-0.4, -0.2) is 31.9 Å². The molecule has 0 heterocycles. The first-order valence-corrected chi connectivity index (χ1v) is 8.05. The van der Waals surface area contributed by atoms with E-state index in [-0.39, 0.29) is 43.1 Å². The van der Waals surface area contributed by atoms with Crippen molar-refractivity contribution in [3.05, 3.63) is 52.9 Å². The molecule has 0 fully saturated rings. The van der Waals surface area contributed by atoms with Gasteiger partial charge in [0.2, 0.25) is 0 Å². The fourth-order valence-electron chi connectivity index (χ4n) is 2.03. The van der Waals surface area contributed by atoms with E-state index in [1.54, 1.807) is 13.8 Å². The van der Waals surface area contributed by atoms with Crippen molar-refractivity contribution in [2.75, 3.05) is 20.8 Å². The molecule has 1 N–H and O–H groups in total. The van der Waals surface area contributed by atoms with E-state index in [0.29, 0.717) is 11.1 Å². The Morgan fingerprint density at radius 3 is 2.73 bits per heavy atom. The number of aliphatic hydroxyl groups is 1. The summed E-state index contributed by atoms with van der Waals surface area (Å²) in [6, 6.07) is -2.79. The summed E-state index contributed by atoms with van der Waals surface area (Å²) in [4.78, 5) is 0. The zero-order chi connectivity index (χ0) is 29.4. The summed E-state index contributed by atoms with van der Waals surface area (Å²) in [6.45, 7) is 2.54. The summed E-state index contributed by atoms with van der Waals surface area (Å²) >= 11 is 0. The molecule has 2 rings (SSSR count). The molecule has 1 atom stereocenters. The van der Waals surface area contributed by atoms with E-state index in [9.17, 15) is 5.11 Å². The predicted molar refractivity (Wildman–Crippen MR) is 105 cm³/mol. The second-order valence-corrected chi connectivity index (χ2v) is 5.55. The normalized spacial score (nSPS) is 20.8. The first-order valence-electron chi connectivity index (χ1n) is 14.0. The molecule has 142 valence electrons. The lowest BCUT2D eigenvalue weighted by Crippen LogP contribution is -2.17. The quantitative estimate of drug-likeness (QED) is 0.670. The molecule has 0 aliphatic carbocycles. The highest BCUT2D eigenvalue weighted by molar-refractivity contribution is 5.42. The Balaban J connectivity index is 2.21. The zero-order valence-electron chi connectivity index (χ0n) is 27.0. The fourth-order valence-corrected chi connectivity index (χ4v) is 2.03. The molecule has 0 spiro atoms. The van der Waals surface area contributed by atoms with Gasteiger partial charge < -0.3 is 19.3 Å². The summed E-state index contributed by atoms with van der Waals surface area (Å²) in [5, 5.41) is 10.5. The third kappa shape index (κ3) is 5.95.